The van der Waals surface area contributed by atoms with Crippen LogP contribution in [0, 0.1) is 0 Å². The molecule has 1 aromatic rings. The molecule has 1 aliphatic heterocycles. The summed E-state index contributed by atoms with van der Waals surface area (Å²) in [4.78, 5) is 2.29. The van der Waals surface area contributed by atoms with E-state index in [-0.39, 0.29) is 6.04 Å². The summed E-state index contributed by atoms with van der Waals surface area (Å²) in [5.41, 5.74) is 8.44. The van der Waals surface area contributed by atoms with E-state index in [1.54, 1.807) is 0 Å². The number of rotatable bonds is 5. The highest BCUT2D eigenvalue weighted by Crippen LogP contribution is 2.30. The lowest BCUT2D eigenvalue weighted by Crippen LogP contribution is -2.33. The highest BCUT2D eigenvalue weighted by atomic mass is 35.5. The van der Waals surface area contributed by atoms with Crippen molar-refractivity contribution in [3.63, 3.8) is 0 Å². The molecule has 2 unspecified atom stereocenters. The molecule has 1 heterocycles. The maximum absolute atomic E-state index is 6.37. The quantitative estimate of drug-likeness (QED) is 0.902. The van der Waals surface area contributed by atoms with E-state index < -0.39 is 0 Å². The highest BCUT2D eigenvalue weighted by Gasteiger charge is 2.23. The van der Waals surface area contributed by atoms with E-state index in [1.807, 2.05) is 12.1 Å². The average Bonchev–Trinajstić information content (AvgIpc) is 2.94. The van der Waals surface area contributed by atoms with Crippen LogP contribution in [0.25, 0.3) is 0 Å². The Morgan fingerprint density at radius 1 is 1.53 bits per heavy atom. The van der Waals surface area contributed by atoms with Gasteiger partial charge >= 0.3 is 0 Å². The lowest BCUT2D eigenvalue weighted by Gasteiger charge is -2.29. The fourth-order valence-electron chi connectivity index (χ4n) is 2.51. The summed E-state index contributed by atoms with van der Waals surface area (Å²) in [6.07, 6.45) is 2.85. The van der Waals surface area contributed by atoms with Crippen LogP contribution in [-0.4, -0.2) is 32.3 Å². The van der Waals surface area contributed by atoms with Gasteiger partial charge in [-0.05, 0) is 37.0 Å². The number of halogens is 1. The lowest BCUT2D eigenvalue weighted by molar-refractivity contribution is 0.193. The predicted molar refractivity (Wildman–Crippen MR) is 81.0 cm³/mol. The van der Waals surface area contributed by atoms with Crippen molar-refractivity contribution in [2.45, 2.75) is 38.3 Å². The number of ether oxygens (including phenoxy) is 1. The van der Waals surface area contributed by atoms with Crippen molar-refractivity contribution < 1.29 is 4.74 Å². The van der Waals surface area contributed by atoms with Gasteiger partial charge in [0.05, 0.1) is 12.6 Å². The largest absolute Gasteiger partial charge is 0.379 e. The van der Waals surface area contributed by atoms with Crippen LogP contribution in [0.15, 0.2) is 18.2 Å². The molecule has 2 N–H and O–H groups in total. The number of anilines is 1. The summed E-state index contributed by atoms with van der Waals surface area (Å²) in [6, 6.07) is 6.68. The van der Waals surface area contributed by atoms with Crippen molar-refractivity contribution in [2.75, 3.05) is 25.2 Å². The topological polar surface area (TPSA) is 38.5 Å². The van der Waals surface area contributed by atoms with Gasteiger partial charge in [0, 0.05) is 30.4 Å². The molecule has 0 bridgehead atoms. The normalized spacial score (nSPS) is 20.5. The molecule has 2 rings (SSSR count). The van der Waals surface area contributed by atoms with Crippen molar-refractivity contribution >= 4 is 17.3 Å². The van der Waals surface area contributed by atoms with Crippen molar-refractivity contribution in [3.05, 3.63) is 28.8 Å². The average molecular weight is 283 g/mol. The van der Waals surface area contributed by atoms with Gasteiger partial charge in [0.1, 0.15) is 0 Å². The van der Waals surface area contributed by atoms with E-state index in [1.165, 1.54) is 5.69 Å². The molecular formula is C15H23ClN2O. The molecule has 1 fully saturated rings. The van der Waals surface area contributed by atoms with E-state index in [9.17, 15) is 0 Å². The first kappa shape index (κ1) is 14.6. The first-order valence-electron chi connectivity index (χ1n) is 6.97. The lowest BCUT2D eigenvalue weighted by atomic mass is 10.0. The first-order chi connectivity index (χ1) is 9.13. The van der Waals surface area contributed by atoms with Gasteiger partial charge in [-0.2, -0.15) is 0 Å². The molecule has 3 nitrogen and oxygen atoms in total. The van der Waals surface area contributed by atoms with E-state index in [4.69, 9.17) is 22.1 Å². The minimum absolute atomic E-state index is 0.159. The Balaban J connectivity index is 2.25. The minimum atomic E-state index is 0.159. The number of benzene rings is 1. The number of likely N-dealkylation sites (N-methyl/N-ethyl adjacent to an activating group) is 1. The van der Waals surface area contributed by atoms with Crippen molar-refractivity contribution in [2.24, 2.45) is 5.73 Å². The summed E-state index contributed by atoms with van der Waals surface area (Å²) in [5.74, 6) is 0. The third-order valence-corrected chi connectivity index (χ3v) is 4.27. The molecule has 106 valence electrons. The Hall–Kier alpha value is -0.770. The van der Waals surface area contributed by atoms with Crippen LogP contribution in [-0.2, 0) is 11.2 Å². The zero-order chi connectivity index (χ0) is 13.8. The zero-order valence-electron chi connectivity index (χ0n) is 11.7. The SMILES string of the molecule is CCC(N)Cc1c(Cl)cccc1N(C)C1CCOC1. The monoisotopic (exact) mass is 282 g/mol. The molecule has 0 aliphatic carbocycles. The van der Waals surface area contributed by atoms with Gasteiger partial charge in [-0.3, -0.25) is 0 Å². The van der Waals surface area contributed by atoms with Crippen LogP contribution < -0.4 is 10.6 Å². The van der Waals surface area contributed by atoms with Gasteiger partial charge in [0.15, 0.2) is 0 Å². The molecule has 2 atom stereocenters. The summed E-state index contributed by atoms with van der Waals surface area (Å²) in [6.45, 7) is 3.75. The molecule has 19 heavy (non-hydrogen) atoms. The predicted octanol–water partition coefficient (Wildman–Crippen LogP) is 2.84. The molecule has 0 amide bonds. The van der Waals surface area contributed by atoms with Crippen molar-refractivity contribution in [1.29, 1.82) is 0 Å². The summed E-state index contributed by atoms with van der Waals surface area (Å²) in [7, 11) is 2.12. The molecular weight excluding hydrogens is 260 g/mol. The molecule has 4 heteroatoms. The van der Waals surface area contributed by atoms with Gasteiger partial charge in [-0.15, -0.1) is 0 Å². The van der Waals surface area contributed by atoms with E-state index in [0.717, 1.165) is 43.1 Å². The maximum atomic E-state index is 6.37. The molecule has 0 spiro atoms. The number of hydrogen-bond donors (Lipinski definition) is 1. The third kappa shape index (κ3) is 3.41. The fraction of sp³-hybridized carbons (Fsp3) is 0.600. The Morgan fingerprint density at radius 3 is 2.95 bits per heavy atom. The van der Waals surface area contributed by atoms with Crippen LogP contribution in [0.3, 0.4) is 0 Å². The Labute approximate surface area is 120 Å². The van der Waals surface area contributed by atoms with Gasteiger partial charge < -0.3 is 15.4 Å². The second-order valence-electron chi connectivity index (χ2n) is 5.24. The van der Waals surface area contributed by atoms with Crippen LogP contribution >= 0.6 is 11.6 Å². The number of nitrogens with two attached hydrogens (primary N) is 1. The van der Waals surface area contributed by atoms with Crippen molar-refractivity contribution in [1.82, 2.24) is 0 Å². The van der Waals surface area contributed by atoms with Gasteiger partial charge in [-0.25, -0.2) is 0 Å². The van der Waals surface area contributed by atoms with Gasteiger partial charge in [0.2, 0.25) is 0 Å². The van der Waals surface area contributed by atoms with Gasteiger partial charge in [0.25, 0.3) is 0 Å². The molecule has 0 saturated carbocycles. The van der Waals surface area contributed by atoms with E-state index in [2.05, 4.69) is 24.9 Å². The van der Waals surface area contributed by atoms with Gasteiger partial charge in [-0.1, -0.05) is 24.6 Å². The van der Waals surface area contributed by atoms with Crippen LogP contribution in [0.2, 0.25) is 5.02 Å². The van der Waals surface area contributed by atoms with Crippen LogP contribution in [0.5, 0.6) is 0 Å². The van der Waals surface area contributed by atoms with Crippen LogP contribution in [0.4, 0.5) is 5.69 Å². The summed E-state index contributed by atoms with van der Waals surface area (Å²) >= 11 is 6.37. The highest BCUT2D eigenvalue weighted by molar-refractivity contribution is 6.31. The molecule has 1 saturated heterocycles. The number of nitrogens with zero attached hydrogens (tertiary/aromatic N) is 1. The molecule has 0 aromatic heterocycles. The Morgan fingerprint density at radius 2 is 2.32 bits per heavy atom. The second kappa shape index (κ2) is 6.60. The van der Waals surface area contributed by atoms with E-state index in [0.29, 0.717) is 6.04 Å². The second-order valence-corrected chi connectivity index (χ2v) is 5.65. The first-order valence-corrected chi connectivity index (χ1v) is 7.34. The maximum Gasteiger partial charge on any atom is 0.0670 e. The van der Waals surface area contributed by atoms with Crippen molar-refractivity contribution in [3.8, 4) is 0 Å². The zero-order valence-corrected chi connectivity index (χ0v) is 12.5. The molecule has 0 radical (unpaired) electrons. The third-order valence-electron chi connectivity index (χ3n) is 3.92. The van der Waals surface area contributed by atoms with E-state index >= 15 is 0 Å². The summed E-state index contributed by atoms with van der Waals surface area (Å²) in [5, 5.41) is 0.812. The fourth-order valence-corrected chi connectivity index (χ4v) is 2.76. The molecule has 1 aliphatic rings. The molecule has 1 aromatic carbocycles. The Kier molecular flexibility index (Phi) is 5.08. The standard InChI is InChI=1S/C15H23ClN2O/c1-3-11(17)9-13-14(16)5-4-6-15(13)18(2)12-7-8-19-10-12/h4-6,11-12H,3,7-10,17H2,1-2H3. The van der Waals surface area contributed by atoms with Crippen LogP contribution in [0.1, 0.15) is 25.3 Å². The smallest absolute Gasteiger partial charge is 0.0670 e. The minimum Gasteiger partial charge on any atom is -0.379 e. The number of hydrogen-bond acceptors (Lipinski definition) is 3. The Bertz CT molecular complexity index is 419. The summed E-state index contributed by atoms with van der Waals surface area (Å²) < 4.78 is 5.47.